The number of aromatic nitrogens is 2. The van der Waals surface area contributed by atoms with Crippen molar-refractivity contribution in [2.75, 3.05) is 11.5 Å². The molecule has 2 heterocycles. The van der Waals surface area contributed by atoms with E-state index < -0.39 is 9.84 Å². The van der Waals surface area contributed by atoms with Crippen LogP contribution in [0.25, 0.3) is 0 Å². The Morgan fingerprint density at radius 2 is 2.29 bits per heavy atom. The van der Waals surface area contributed by atoms with Crippen LogP contribution in [0.1, 0.15) is 29.5 Å². The average Bonchev–Trinajstić information content (AvgIpc) is 2.70. The molecule has 0 amide bonds. The predicted molar refractivity (Wildman–Crippen MR) is 63.7 cm³/mol. The minimum atomic E-state index is -2.84. The van der Waals surface area contributed by atoms with E-state index in [-0.39, 0.29) is 23.2 Å². The fourth-order valence-corrected chi connectivity index (χ4v) is 4.15. The lowest BCUT2D eigenvalue weighted by atomic mass is 10.0. The van der Waals surface area contributed by atoms with Crippen molar-refractivity contribution in [2.45, 2.75) is 19.8 Å². The first-order valence-corrected chi connectivity index (χ1v) is 7.44. The van der Waals surface area contributed by atoms with E-state index in [0.717, 1.165) is 5.69 Å². The first kappa shape index (κ1) is 12.3. The Labute approximate surface area is 101 Å². The predicted octanol–water partition coefficient (Wildman–Crippen LogP) is 0.600. The quantitative estimate of drug-likeness (QED) is 0.743. The van der Waals surface area contributed by atoms with Crippen LogP contribution in [0.4, 0.5) is 0 Å². The largest absolute Gasteiger partial charge is 0.293 e. The molecule has 2 rings (SSSR count). The zero-order chi connectivity index (χ0) is 12.6. The molecular weight excluding hydrogens is 240 g/mol. The van der Waals surface area contributed by atoms with E-state index in [4.69, 9.17) is 0 Å². The maximum absolute atomic E-state index is 11.3. The monoisotopic (exact) mass is 256 g/mol. The number of carbonyl (C=O) groups is 1. The highest BCUT2D eigenvalue weighted by Crippen LogP contribution is 2.22. The lowest BCUT2D eigenvalue weighted by Crippen LogP contribution is -2.08. The van der Waals surface area contributed by atoms with Gasteiger partial charge in [0.15, 0.2) is 15.6 Å². The number of rotatable bonds is 3. The van der Waals surface area contributed by atoms with Crippen molar-refractivity contribution in [3.63, 3.8) is 0 Å². The first-order valence-electron chi connectivity index (χ1n) is 5.61. The third-order valence-electron chi connectivity index (χ3n) is 3.12. The van der Waals surface area contributed by atoms with Crippen molar-refractivity contribution >= 4 is 15.6 Å². The number of nitrogens with zero attached hydrogens (tertiary/aromatic N) is 2. The zero-order valence-corrected chi connectivity index (χ0v) is 10.8. The third-order valence-corrected chi connectivity index (χ3v) is 4.95. The molecule has 1 aromatic heterocycles. The minimum Gasteiger partial charge on any atom is -0.293 e. The van der Waals surface area contributed by atoms with Crippen LogP contribution in [0.3, 0.4) is 0 Å². The number of aryl methyl sites for hydroxylation is 1. The average molecular weight is 256 g/mol. The first-order chi connectivity index (χ1) is 7.87. The molecule has 0 radical (unpaired) electrons. The molecule has 1 fully saturated rings. The third kappa shape index (κ3) is 2.74. The van der Waals surface area contributed by atoms with Gasteiger partial charge in [-0.15, -0.1) is 0 Å². The smallest absolute Gasteiger partial charge is 0.177 e. The van der Waals surface area contributed by atoms with Gasteiger partial charge in [0.25, 0.3) is 0 Å². The number of hydrogen-bond donors (Lipinski definition) is 0. The van der Waals surface area contributed by atoms with Gasteiger partial charge in [0.05, 0.1) is 17.2 Å². The van der Waals surface area contributed by atoms with Crippen LogP contribution in [0.5, 0.6) is 0 Å². The number of sulfone groups is 1. The summed E-state index contributed by atoms with van der Waals surface area (Å²) in [5, 5.41) is 4.24. The molecule has 0 N–H and O–H groups in total. The zero-order valence-electron chi connectivity index (χ0n) is 10.0. The highest BCUT2D eigenvalue weighted by atomic mass is 32.2. The Morgan fingerprint density at radius 1 is 1.59 bits per heavy atom. The maximum atomic E-state index is 11.3. The molecule has 0 aliphatic carbocycles. The van der Waals surface area contributed by atoms with Crippen LogP contribution in [0.2, 0.25) is 0 Å². The van der Waals surface area contributed by atoms with Crippen LogP contribution in [-0.4, -0.2) is 35.5 Å². The van der Waals surface area contributed by atoms with E-state index in [1.807, 2.05) is 0 Å². The molecule has 0 aromatic carbocycles. The summed E-state index contributed by atoms with van der Waals surface area (Å²) in [6.45, 7) is 1.50. The molecule has 1 aromatic rings. The van der Waals surface area contributed by atoms with E-state index >= 15 is 0 Å². The Bertz CT molecular complexity index is 545. The van der Waals surface area contributed by atoms with Crippen molar-refractivity contribution in [3.05, 3.63) is 17.5 Å². The van der Waals surface area contributed by atoms with Crippen molar-refractivity contribution in [1.29, 1.82) is 0 Å². The summed E-state index contributed by atoms with van der Waals surface area (Å²) in [4.78, 5) is 11.3. The lowest BCUT2D eigenvalue weighted by Gasteiger charge is -2.03. The van der Waals surface area contributed by atoms with Crippen molar-refractivity contribution in [2.24, 2.45) is 13.0 Å². The number of hydrogen-bond acceptors (Lipinski definition) is 4. The summed E-state index contributed by atoms with van der Waals surface area (Å²) in [6.07, 6.45) is 1.34. The van der Waals surface area contributed by atoms with Crippen LogP contribution < -0.4 is 0 Å². The van der Waals surface area contributed by atoms with E-state index in [9.17, 15) is 13.2 Å². The summed E-state index contributed by atoms with van der Waals surface area (Å²) in [5.41, 5.74) is 1.38. The summed E-state index contributed by atoms with van der Waals surface area (Å²) >= 11 is 0. The molecule has 5 nitrogen and oxygen atoms in total. The van der Waals surface area contributed by atoms with Gasteiger partial charge in [-0.05, 0) is 24.8 Å². The summed E-state index contributed by atoms with van der Waals surface area (Å²) in [7, 11) is -1.11. The van der Waals surface area contributed by atoms with Gasteiger partial charge >= 0.3 is 0 Å². The van der Waals surface area contributed by atoms with Crippen LogP contribution in [0.15, 0.2) is 6.07 Å². The van der Waals surface area contributed by atoms with Gasteiger partial charge in [-0.1, -0.05) is 0 Å². The van der Waals surface area contributed by atoms with E-state index in [0.29, 0.717) is 18.5 Å². The fourth-order valence-electron chi connectivity index (χ4n) is 2.28. The van der Waals surface area contributed by atoms with Crippen molar-refractivity contribution in [1.82, 2.24) is 9.78 Å². The number of carbonyl (C=O) groups excluding carboxylic acids is 1. The number of ketones is 1. The fraction of sp³-hybridized carbons (Fsp3) is 0.636. The number of Topliss-reactive ketones (excluding diaryl/α,β-unsaturated/α-hetero) is 1. The molecule has 0 bridgehead atoms. The van der Waals surface area contributed by atoms with E-state index in [1.165, 1.54) is 6.92 Å². The molecule has 1 aliphatic heterocycles. The second-order valence-corrected chi connectivity index (χ2v) is 6.90. The van der Waals surface area contributed by atoms with Crippen LogP contribution in [0, 0.1) is 5.92 Å². The standard InChI is InChI=1S/C11H16N2O3S/c1-8(14)11-6-10(12-13(11)2)5-9-3-4-17(15,16)7-9/h6,9H,3-5,7H2,1-2H3. The minimum absolute atomic E-state index is 0.0229. The Hall–Kier alpha value is -1.17. The molecule has 1 aliphatic rings. The molecular formula is C11H16N2O3S. The highest BCUT2D eigenvalue weighted by Gasteiger charge is 2.28. The summed E-state index contributed by atoms with van der Waals surface area (Å²) in [6, 6.07) is 1.76. The van der Waals surface area contributed by atoms with Gasteiger partial charge in [-0.2, -0.15) is 5.10 Å². The maximum Gasteiger partial charge on any atom is 0.177 e. The van der Waals surface area contributed by atoms with Gasteiger partial charge in [-0.25, -0.2) is 8.42 Å². The Kier molecular flexibility index (Phi) is 3.07. The van der Waals surface area contributed by atoms with Gasteiger partial charge in [0.2, 0.25) is 0 Å². The summed E-state index contributed by atoms with van der Waals surface area (Å²) in [5.74, 6) is 0.656. The lowest BCUT2D eigenvalue weighted by molar-refractivity contribution is 0.100. The Balaban J connectivity index is 2.10. The molecule has 0 spiro atoms. The van der Waals surface area contributed by atoms with Crippen LogP contribution >= 0.6 is 0 Å². The second-order valence-electron chi connectivity index (χ2n) is 4.67. The van der Waals surface area contributed by atoms with E-state index in [1.54, 1.807) is 17.8 Å². The van der Waals surface area contributed by atoms with Crippen LogP contribution in [-0.2, 0) is 23.3 Å². The van der Waals surface area contributed by atoms with Crippen molar-refractivity contribution in [3.8, 4) is 0 Å². The van der Waals surface area contributed by atoms with Gasteiger partial charge < -0.3 is 0 Å². The molecule has 17 heavy (non-hydrogen) atoms. The van der Waals surface area contributed by atoms with Gasteiger partial charge in [-0.3, -0.25) is 9.48 Å². The van der Waals surface area contributed by atoms with Crippen molar-refractivity contribution < 1.29 is 13.2 Å². The normalized spacial score (nSPS) is 22.8. The molecule has 94 valence electrons. The highest BCUT2D eigenvalue weighted by molar-refractivity contribution is 7.91. The Morgan fingerprint density at radius 3 is 2.76 bits per heavy atom. The molecule has 1 unspecified atom stereocenters. The molecule has 0 saturated carbocycles. The second kappa shape index (κ2) is 4.25. The van der Waals surface area contributed by atoms with Gasteiger partial charge in [0, 0.05) is 14.0 Å². The molecule has 6 heteroatoms. The topological polar surface area (TPSA) is 69.0 Å². The SMILES string of the molecule is CC(=O)c1cc(CC2CCS(=O)(=O)C2)nn1C. The van der Waals surface area contributed by atoms with E-state index in [2.05, 4.69) is 5.10 Å². The molecule has 1 atom stereocenters. The van der Waals surface area contributed by atoms with Gasteiger partial charge in [0.1, 0.15) is 5.69 Å². The summed E-state index contributed by atoms with van der Waals surface area (Å²) < 4.78 is 24.2. The molecule has 1 saturated heterocycles.